The highest BCUT2D eigenvalue weighted by atomic mass is 16.5. The van der Waals surface area contributed by atoms with E-state index in [2.05, 4.69) is 4.90 Å². The van der Waals surface area contributed by atoms with Gasteiger partial charge < -0.3 is 24.2 Å². The van der Waals surface area contributed by atoms with Gasteiger partial charge in [-0.1, -0.05) is 0 Å². The summed E-state index contributed by atoms with van der Waals surface area (Å²) in [6.45, 7) is 5.21. The van der Waals surface area contributed by atoms with Gasteiger partial charge in [-0.05, 0) is 43.3 Å². The van der Waals surface area contributed by atoms with Crippen LogP contribution in [0.15, 0.2) is 42.5 Å². The maximum Gasteiger partial charge on any atom is 0.325 e. The van der Waals surface area contributed by atoms with Crippen LogP contribution in [0.25, 0.3) is 0 Å². The fourth-order valence-corrected chi connectivity index (χ4v) is 4.35. The molecular weight excluding hydrogens is 436 g/mol. The summed E-state index contributed by atoms with van der Waals surface area (Å²) in [5, 5.41) is 0. The van der Waals surface area contributed by atoms with Gasteiger partial charge in [0.15, 0.2) is 17.3 Å². The zero-order valence-electron chi connectivity index (χ0n) is 19.8. The maximum atomic E-state index is 13.0. The highest BCUT2D eigenvalue weighted by Gasteiger charge is 2.33. The maximum absolute atomic E-state index is 13.0. The molecule has 34 heavy (non-hydrogen) atoms. The number of nitrogens with zero attached hydrogens (tertiary/aromatic N) is 4. The van der Waals surface area contributed by atoms with Crippen molar-refractivity contribution in [2.75, 3.05) is 69.8 Å². The number of urea groups is 1. The zero-order valence-corrected chi connectivity index (χ0v) is 19.8. The summed E-state index contributed by atoms with van der Waals surface area (Å²) >= 11 is 0. The fraction of sp³-hybridized carbons (Fsp3) is 0.400. The van der Waals surface area contributed by atoms with E-state index < -0.39 is 0 Å². The van der Waals surface area contributed by atoms with Gasteiger partial charge in [-0.3, -0.25) is 14.5 Å². The molecule has 0 saturated carbocycles. The lowest BCUT2D eigenvalue weighted by atomic mass is 10.1. The number of carbonyl (C=O) groups excluding carboxylic acids is 3. The Morgan fingerprint density at radius 2 is 1.47 bits per heavy atom. The molecule has 0 aliphatic carbocycles. The van der Waals surface area contributed by atoms with Crippen molar-refractivity contribution in [3.8, 4) is 11.5 Å². The van der Waals surface area contributed by atoms with Crippen molar-refractivity contribution in [3.63, 3.8) is 0 Å². The van der Waals surface area contributed by atoms with Gasteiger partial charge in [0, 0.05) is 62.3 Å². The Hall–Kier alpha value is -3.75. The summed E-state index contributed by atoms with van der Waals surface area (Å²) in [5.74, 6) is 1.15. The molecule has 2 aliphatic heterocycles. The average Bonchev–Trinajstić information content (AvgIpc) is 3.23. The van der Waals surface area contributed by atoms with E-state index in [1.54, 1.807) is 43.1 Å². The van der Waals surface area contributed by atoms with E-state index >= 15 is 0 Å². The molecule has 2 aromatic carbocycles. The first-order valence-electron chi connectivity index (χ1n) is 11.3. The van der Waals surface area contributed by atoms with E-state index in [0.717, 1.165) is 5.69 Å². The third kappa shape index (κ3) is 4.78. The highest BCUT2D eigenvalue weighted by molar-refractivity contribution is 5.97. The largest absolute Gasteiger partial charge is 0.493 e. The third-order valence-electron chi connectivity index (χ3n) is 6.37. The van der Waals surface area contributed by atoms with Crippen LogP contribution in [0.4, 0.5) is 16.2 Å². The second-order valence-corrected chi connectivity index (χ2v) is 8.37. The molecule has 180 valence electrons. The number of ketones is 1. The third-order valence-corrected chi connectivity index (χ3v) is 6.37. The number of ether oxygens (including phenoxy) is 2. The van der Waals surface area contributed by atoms with Gasteiger partial charge >= 0.3 is 6.03 Å². The highest BCUT2D eigenvalue weighted by Crippen LogP contribution is 2.32. The molecule has 0 atom stereocenters. The lowest BCUT2D eigenvalue weighted by Crippen LogP contribution is -2.51. The van der Waals surface area contributed by atoms with Gasteiger partial charge in [0.1, 0.15) is 6.54 Å². The van der Waals surface area contributed by atoms with Crippen molar-refractivity contribution in [3.05, 3.63) is 48.0 Å². The van der Waals surface area contributed by atoms with Crippen LogP contribution in [-0.4, -0.2) is 87.6 Å². The first-order valence-corrected chi connectivity index (χ1v) is 11.3. The number of hydrogen-bond acceptors (Lipinski definition) is 6. The Kier molecular flexibility index (Phi) is 6.90. The van der Waals surface area contributed by atoms with E-state index in [9.17, 15) is 14.4 Å². The van der Waals surface area contributed by atoms with E-state index in [4.69, 9.17) is 9.47 Å². The van der Waals surface area contributed by atoms with E-state index in [1.165, 1.54) is 0 Å². The number of carbonyl (C=O) groups is 3. The van der Waals surface area contributed by atoms with E-state index in [0.29, 0.717) is 62.0 Å². The Morgan fingerprint density at radius 3 is 2.09 bits per heavy atom. The number of anilines is 2. The molecule has 0 N–H and O–H groups in total. The molecule has 0 aromatic heterocycles. The summed E-state index contributed by atoms with van der Waals surface area (Å²) in [7, 11) is 3.12. The Bertz CT molecular complexity index is 1060. The molecule has 9 nitrogen and oxygen atoms in total. The number of benzene rings is 2. The quantitative estimate of drug-likeness (QED) is 0.583. The van der Waals surface area contributed by atoms with Crippen LogP contribution in [0, 0.1) is 0 Å². The minimum atomic E-state index is -0.190. The minimum Gasteiger partial charge on any atom is -0.493 e. The Morgan fingerprint density at radius 1 is 0.824 bits per heavy atom. The topological polar surface area (TPSA) is 82.6 Å². The van der Waals surface area contributed by atoms with Gasteiger partial charge in [-0.25, -0.2) is 4.79 Å². The van der Waals surface area contributed by atoms with Crippen LogP contribution in [-0.2, 0) is 4.79 Å². The summed E-state index contributed by atoms with van der Waals surface area (Å²) in [4.78, 5) is 44.6. The van der Waals surface area contributed by atoms with Crippen molar-refractivity contribution in [2.45, 2.75) is 6.92 Å². The van der Waals surface area contributed by atoms with Crippen LogP contribution in [0.2, 0.25) is 0 Å². The molecule has 0 bridgehead atoms. The molecule has 2 aliphatic rings. The number of rotatable bonds is 7. The predicted molar refractivity (Wildman–Crippen MR) is 129 cm³/mol. The average molecular weight is 467 g/mol. The SMILES string of the molecule is COc1ccc(N2CCN(CC(=O)N3CCN(c4ccc(C(C)=O)cc4)CC3)C2=O)cc1OC. The minimum absolute atomic E-state index is 0.0446. The van der Waals surface area contributed by atoms with Crippen LogP contribution < -0.4 is 19.3 Å². The summed E-state index contributed by atoms with van der Waals surface area (Å²) in [5.41, 5.74) is 2.44. The summed E-state index contributed by atoms with van der Waals surface area (Å²) in [6.07, 6.45) is 0. The lowest BCUT2D eigenvalue weighted by Gasteiger charge is -2.36. The number of Topliss-reactive ketones (excluding diaryl/α,β-unsaturated/α-hetero) is 1. The van der Waals surface area contributed by atoms with Gasteiger partial charge in [0.05, 0.1) is 14.2 Å². The molecule has 0 radical (unpaired) electrons. The number of hydrogen-bond donors (Lipinski definition) is 0. The normalized spacial score (nSPS) is 16.1. The molecule has 2 fully saturated rings. The number of amides is 3. The van der Waals surface area contributed by atoms with Crippen LogP contribution in [0.5, 0.6) is 11.5 Å². The Balaban J connectivity index is 1.31. The van der Waals surface area contributed by atoms with Gasteiger partial charge in [-0.2, -0.15) is 0 Å². The van der Waals surface area contributed by atoms with Crippen molar-refractivity contribution in [1.29, 1.82) is 0 Å². The summed E-state index contributed by atoms with van der Waals surface area (Å²) < 4.78 is 10.6. The molecular formula is C25H30N4O5. The predicted octanol–water partition coefficient (Wildman–Crippen LogP) is 2.50. The van der Waals surface area contributed by atoms with Crippen LogP contribution in [0.3, 0.4) is 0 Å². The van der Waals surface area contributed by atoms with Crippen LogP contribution in [0.1, 0.15) is 17.3 Å². The van der Waals surface area contributed by atoms with Gasteiger partial charge in [0.2, 0.25) is 5.91 Å². The summed E-state index contributed by atoms with van der Waals surface area (Å²) in [6, 6.07) is 12.7. The van der Waals surface area contributed by atoms with Crippen molar-refractivity contribution in [1.82, 2.24) is 9.80 Å². The van der Waals surface area contributed by atoms with Crippen LogP contribution >= 0.6 is 0 Å². The molecule has 2 heterocycles. The second kappa shape index (κ2) is 10.0. The molecule has 2 aromatic rings. The first-order chi connectivity index (χ1) is 16.4. The fourth-order valence-electron chi connectivity index (χ4n) is 4.35. The van der Waals surface area contributed by atoms with Crippen molar-refractivity contribution < 1.29 is 23.9 Å². The van der Waals surface area contributed by atoms with E-state index in [-0.39, 0.29) is 24.3 Å². The second-order valence-electron chi connectivity index (χ2n) is 8.37. The zero-order chi connectivity index (χ0) is 24.2. The molecule has 4 rings (SSSR count). The number of piperazine rings is 1. The first kappa shape index (κ1) is 23.4. The molecule has 0 unspecified atom stereocenters. The smallest absolute Gasteiger partial charge is 0.325 e. The standard InChI is InChI=1S/C25H30N4O5/c1-18(30)19-4-6-20(7-5-19)26-10-12-27(13-11-26)24(31)17-28-14-15-29(25(28)32)21-8-9-22(33-2)23(16-21)34-3/h4-9,16H,10-15,17H2,1-3H3. The molecule has 0 spiro atoms. The molecule has 9 heteroatoms. The van der Waals surface area contributed by atoms with E-state index in [1.807, 2.05) is 35.2 Å². The lowest BCUT2D eigenvalue weighted by molar-refractivity contribution is -0.131. The number of methoxy groups -OCH3 is 2. The monoisotopic (exact) mass is 466 g/mol. The Labute approximate surface area is 199 Å². The molecule has 3 amide bonds. The van der Waals surface area contributed by atoms with Crippen molar-refractivity contribution in [2.24, 2.45) is 0 Å². The van der Waals surface area contributed by atoms with Crippen molar-refractivity contribution >= 4 is 29.1 Å². The van der Waals surface area contributed by atoms with Gasteiger partial charge in [0.25, 0.3) is 0 Å². The van der Waals surface area contributed by atoms with Gasteiger partial charge in [-0.15, -0.1) is 0 Å². The molecule has 2 saturated heterocycles.